The normalized spacial score (nSPS) is 26.1. The van der Waals surface area contributed by atoms with Crippen LogP contribution in [0.25, 0.3) is 0 Å². The summed E-state index contributed by atoms with van der Waals surface area (Å²) in [7, 11) is 0. The summed E-state index contributed by atoms with van der Waals surface area (Å²) in [5.41, 5.74) is 1.29. The fraction of sp³-hybridized carbons (Fsp3) is 0.487. The third kappa shape index (κ3) is 9.49. The third-order valence-corrected chi connectivity index (χ3v) is 10.9. The highest BCUT2D eigenvalue weighted by molar-refractivity contribution is 6.30. The van der Waals surface area contributed by atoms with Crippen molar-refractivity contribution in [1.82, 2.24) is 36.0 Å². The number of benzene rings is 2. The topological polar surface area (TPSA) is 216 Å². The van der Waals surface area contributed by atoms with E-state index >= 15 is 0 Å². The molecule has 0 radical (unpaired) electrons. The predicted molar refractivity (Wildman–Crippen MR) is 205 cm³/mol. The summed E-state index contributed by atoms with van der Waals surface area (Å²) in [4.78, 5) is 113. The van der Waals surface area contributed by atoms with Gasteiger partial charge < -0.3 is 46.0 Å². The van der Waals surface area contributed by atoms with E-state index in [1.54, 1.807) is 18.2 Å². The van der Waals surface area contributed by atoms with Crippen LogP contribution < -0.4 is 26.6 Å². The van der Waals surface area contributed by atoms with Crippen LogP contribution in [0, 0.1) is 18.7 Å². The van der Waals surface area contributed by atoms with Gasteiger partial charge in [0.15, 0.2) is 0 Å². The smallest absolute Gasteiger partial charge is 0.328 e. The first kappa shape index (κ1) is 41.8. The second-order valence-electron chi connectivity index (χ2n) is 15.2. The first-order chi connectivity index (χ1) is 27.6. The molecule has 0 saturated carbocycles. The lowest BCUT2D eigenvalue weighted by molar-refractivity contribution is -0.158. The maximum atomic E-state index is 14.6. The number of hydrogen-bond donors (Lipinski definition) is 5. The van der Waals surface area contributed by atoms with Crippen LogP contribution in [-0.2, 0) is 44.7 Å². The highest BCUT2D eigenvalue weighted by Crippen LogP contribution is 2.27. The molecule has 2 aromatic rings. The summed E-state index contributed by atoms with van der Waals surface area (Å²) in [5, 5.41) is 12.8. The number of fused-ring (bicyclic) bond motifs is 3. The number of rotatable bonds is 6. The molecule has 310 valence electrons. The van der Waals surface area contributed by atoms with Crippen LogP contribution in [0.15, 0.2) is 42.5 Å². The van der Waals surface area contributed by atoms with Gasteiger partial charge in [0.05, 0.1) is 5.69 Å². The molecule has 7 atom stereocenters. The molecule has 17 nitrogen and oxygen atoms in total. The molecule has 4 heterocycles. The highest BCUT2D eigenvalue weighted by atomic mass is 35.5. The highest BCUT2D eigenvalue weighted by Gasteiger charge is 2.47. The van der Waals surface area contributed by atoms with Gasteiger partial charge in [-0.15, -0.1) is 0 Å². The zero-order chi connectivity index (χ0) is 41.8. The molecule has 0 bridgehead atoms. The fourth-order valence-corrected chi connectivity index (χ4v) is 7.98. The number of nitrogens with zero attached hydrogens (tertiary/aromatic N) is 3. The molecule has 19 heteroatoms. The van der Waals surface area contributed by atoms with E-state index in [9.17, 15) is 42.7 Å². The number of piperazine rings is 1. The average molecular weight is 825 g/mol. The van der Waals surface area contributed by atoms with Crippen LogP contribution >= 0.6 is 11.6 Å². The number of esters is 1. The second-order valence-corrected chi connectivity index (χ2v) is 15.6. The van der Waals surface area contributed by atoms with Crippen LogP contribution in [0.5, 0.6) is 0 Å². The number of urea groups is 1. The van der Waals surface area contributed by atoms with E-state index in [0.29, 0.717) is 12.0 Å². The van der Waals surface area contributed by atoms with Gasteiger partial charge in [-0.3, -0.25) is 28.8 Å². The second kappa shape index (κ2) is 17.8. The first-order valence-electron chi connectivity index (χ1n) is 19.1. The Kier molecular flexibility index (Phi) is 12.8. The van der Waals surface area contributed by atoms with Crippen LogP contribution in [0.1, 0.15) is 44.2 Å². The lowest BCUT2D eigenvalue weighted by Gasteiger charge is -2.39. The molecule has 0 spiro atoms. The van der Waals surface area contributed by atoms with Crippen molar-refractivity contribution in [2.45, 2.75) is 82.7 Å². The van der Waals surface area contributed by atoms with Crippen molar-refractivity contribution >= 4 is 64.7 Å². The summed E-state index contributed by atoms with van der Waals surface area (Å²) in [6.07, 6.45) is 0.678. The number of carbonyl (C=O) groups is 8. The molecule has 58 heavy (non-hydrogen) atoms. The molecular weight excluding hydrogens is 779 g/mol. The molecule has 8 amide bonds. The Balaban J connectivity index is 1.32. The number of ether oxygens (including phenoxy) is 1. The maximum Gasteiger partial charge on any atom is 0.328 e. The van der Waals surface area contributed by atoms with Crippen molar-refractivity contribution in [3.63, 3.8) is 0 Å². The minimum absolute atomic E-state index is 0.0615. The van der Waals surface area contributed by atoms with Gasteiger partial charge in [-0.05, 0) is 62.8 Å². The van der Waals surface area contributed by atoms with Crippen LogP contribution in [0.3, 0.4) is 0 Å². The molecule has 4 aliphatic rings. The molecule has 4 fully saturated rings. The molecule has 0 aliphatic carbocycles. The van der Waals surface area contributed by atoms with E-state index in [-0.39, 0.29) is 55.5 Å². The number of carbonyl (C=O) groups excluding carboxylic acids is 8. The standard InChI is InChI=1S/C39H46ClFN8O9/c1-20-6-4-7-23(12-20)14-27(46-39(57)45-26-10-9-24(40)15-25(26)41)33(51)44-28-19-58-38(56)30-13-21(2)17-48(30)35(53)22(3)43-34(52)31-16-42-32(50)18-49(31)37(55)29-8-5-11-47(29)36(28)54/h4,6-7,9-10,12,15,21-22,27-31H,5,8,11,13-14,16-19H2,1-3H3,(H,42,50)(H,43,52)(H,44,51)(H2,45,46,57)/t21-,22+,27+,28+,29+,30+,31+/m1/s1. The van der Waals surface area contributed by atoms with Gasteiger partial charge >= 0.3 is 12.0 Å². The average Bonchev–Trinajstić information content (AvgIpc) is 3.83. The SMILES string of the molecule is Cc1cccc(C[C@H](NC(=O)Nc2ccc(Cl)cc2F)C(=O)N[C@H]2COC(=O)[C@@H]3C[C@@H](C)CN3C(=O)[C@H](C)NC(=O)[C@@H]3CNC(=O)CN3C(=O)[C@@H]3CCCN3C2=O)c1. The zero-order valence-electron chi connectivity index (χ0n) is 32.2. The van der Waals surface area contributed by atoms with E-state index in [4.69, 9.17) is 16.3 Å². The maximum absolute atomic E-state index is 14.6. The number of anilines is 1. The van der Waals surface area contributed by atoms with Gasteiger partial charge in [0.1, 0.15) is 55.2 Å². The molecule has 0 unspecified atom stereocenters. The Morgan fingerprint density at radius 3 is 2.48 bits per heavy atom. The van der Waals surface area contributed by atoms with Crippen molar-refractivity contribution in [3.8, 4) is 0 Å². The van der Waals surface area contributed by atoms with Crippen LogP contribution in [0.4, 0.5) is 14.9 Å². The summed E-state index contributed by atoms with van der Waals surface area (Å²) in [6, 6.07) is 2.30. The number of amides is 8. The van der Waals surface area contributed by atoms with Gasteiger partial charge in [0.25, 0.3) is 0 Å². The predicted octanol–water partition coefficient (Wildman–Crippen LogP) is 0.622. The van der Waals surface area contributed by atoms with E-state index in [0.717, 1.165) is 16.5 Å². The first-order valence-corrected chi connectivity index (χ1v) is 19.5. The lowest BCUT2D eigenvalue weighted by Crippen LogP contribution is -2.66. The van der Waals surface area contributed by atoms with Crippen molar-refractivity contribution < 1.29 is 47.5 Å². The lowest BCUT2D eigenvalue weighted by atomic mass is 10.0. The number of nitrogens with one attached hydrogen (secondary N) is 5. The van der Waals surface area contributed by atoms with Gasteiger partial charge in [0, 0.05) is 31.1 Å². The Morgan fingerprint density at radius 2 is 1.74 bits per heavy atom. The zero-order valence-corrected chi connectivity index (χ0v) is 33.0. The summed E-state index contributed by atoms with van der Waals surface area (Å²) in [5.74, 6) is -5.95. The quantitative estimate of drug-likeness (QED) is 0.258. The Morgan fingerprint density at radius 1 is 0.966 bits per heavy atom. The molecule has 4 saturated heterocycles. The minimum atomic E-state index is -1.60. The molecule has 2 aromatic carbocycles. The van der Waals surface area contributed by atoms with Crippen LogP contribution in [-0.4, -0.2) is 131 Å². The van der Waals surface area contributed by atoms with Crippen molar-refractivity contribution in [1.29, 1.82) is 0 Å². The minimum Gasteiger partial charge on any atom is -0.461 e. The third-order valence-electron chi connectivity index (χ3n) is 10.7. The van der Waals surface area contributed by atoms with Gasteiger partial charge in [-0.25, -0.2) is 14.0 Å². The van der Waals surface area contributed by atoms with E-state index in [1.807, 2.05) is 19.9 Å². The Hall–Kier alpha value is -5.78. The largest absolute Gasteiger partial charge is 0.461 e. The summed E-state index contributed by atoms with van der Waals surface area (Å²) >= 11 is 5.86. The van der Waals surface area contributed by atoms with E-state index < -0.39 is 103 Å². The molecule has 5 N–H and O–H groups in total. The summed E-state index contributed by atoms with van der Waals surface area (Å²) in [6.45, 7) is 3.96. The monoisotopic (exact) mass is 824 g/mol. The number of halogens is 2. The van der Waals surface area contributed by atoms with Crippen LogP contribution in [0.2, 0.25) is 5.02 Å². The number of aryl methyl sites for hydroxylation is 1. The van der Waals surface area contributed by atoms with Crippen molar-refractivity contribution in [3.05, 3.63) is 64.4 Å². The fourth-order valence-electron chi connectivity index (χ4n) is 7.82. The van der Waals surface area contributed by atoms with Gasteiger partial charge in [0.2, 0.25) is 35.4 Å². The Labute approximate surface area is 338 Å². The molecular formula is C39H46ClFN8O9. The van der Waals surface area contributed by atoms with E-state index in [1.165, 1.54) is 28.9 Å². The van der Waals surface area contributed by atoms with E-state index in [2.05, 4.69) is 26.6 Å². The Bertz CT molecular complexity index is 2000. The number of cyclic esters (lactones) is 1. The van der Waals surface area contributed by atoms with Crippen molar-refractivity contribution in [2.75, 3.05) is 38.1 Å². The number of hydrogen-bond acceptors (Lipinski definition) is 9. The van der Waals surface area contributed by atoms with Gasteiger partial charge in [-0.1, -0.05) is 48.4 Å². The van der Waals surface area contributed by atoms with Gasteiger partial charge in [-0.2, -0.15) is 0 Å². The molecule has 6 rings (SSSR count). The molecule has 4 aliphatic heterocycles. The summed E-state index contributed by atoms with van der Waals surface area (Å²) < 4.78 is 20.3. The van der Waals surface area contributed by atoms with Crippen molar-refractivity contribution in [2.24, 2.45) is 5.92 Å². The molecule has 0 aromatic heterocycles.